The van der Waals surface area contributed by atoms with E-state index in [9.17, 15) is 14.9 Å². The Morgan fingerprint density at radius 1 is 1.27 bits per heavy atom. The Morgan fingerprint density at radius 2 is 2.00 bits per heavy atom. The molecule has 1 saturated heterocycles. The summed E-state index contributed by atoms with van der Waals surface area (Å²) in [6, 6.07) is 7.97. The van der Waals surface area contributed by atoms with Crippen LogP contribution in [0.25, 0.3) is 0 Å². The number of benzene rings is 1. The zero-order chi connectivity index (χ0) is 18.7. The van der Waals surface area contributed by atoms with Crippen molar-refractivity contribution in [1.29, 1.82) is 0 Å². The molecule has 8 nitrogen and oxygen atoms in total. The number of hydrogen-bond donors (Lipinski definition) is 0. The largest absolute Gasteiger partial charge is 0.458 e. The fourth-order valence-corrected chi connectivity index (χ4v) is 3.05. The topological polar surface area (TPSA) is 98.5 Å². The lowest BCUT2D eigenvalue weighted by Crippen LogP contribution is -2.44. The number of amides is 1. The zero-order valence-corrected chi connectivity index (χ0v) is 14.7. The maximum Gasteiger partial charge on any atom is 0.317 e. The summed E-state index contributed by atoms with van der Waals surface area (Å²) >= 11 is 0. The van der Waals surface area contributed by atoms with Crippen LogP contribution in [0.1, 0.15) is 34.6 Å². The number of non-ortho nitro benzene ring substituents is 1. The summed E-state index contributed by atoms with van der Waals surface area (Å²) in [4.78, 5) is 33.3. The van der Waals surface area contributed by atoms with E-state index < -0.39 is 4.92 Å². The lowest BCUT2D eigenvalue weighted by Gasteiger charge is -2.32. The van der Waals surface area contributed by atoms with E-state index in [4.69, 9.17) is 4.74 Å². The van der Waals surface area contributed by atoms with Crippen molar-refractivity contribution in [3.63, 3.8) is 0 Å². The van der Waals surface area contributed by atoms with Crippen molar-refractivity contribution >= 4 is 11.6 Å². The van der Waals surface area contributed by atoms with Gasteiger partial charge in [-0.25, -0.2) is 9.97 Å². The highest BCUT2D eigenvalue weighted by molar-refractivity contribution is 5.94. The number of hydrogen-bond acceptors (Lipinski definition) is 6. The highest BCUT2D eigenvalue weighted by Crippen LogP contribution is 2.20. The molecule has 0 radical (unpaired) electrons. The summed E-state index contributed by atoms with van der Waals surface area (Å²) in [7, 11) is 0. The molecule has 2 heterocycles. The first kappa shape index (κ1) is 17.8. The van der Waals surface area contributed by atoms with Crippen LogP contribution < -0.4 is 4.74 Å². The van der Waals surface area contributed by atoms with Gasteiger partial charge in [-0.1, -0.05) is 6.07 Å². The molecule has 0 N–H and O–H groups in total. The van der Waals surface area contributed by atoms with E-state index >= 15 is 0 Å². The summed E-state index contributed by atoms with van der Waals surface area (Å²) in [5, 5.41) is 10.9. The van der Waals surface area contributed by atoms with E-state index in [0.29, 0.717) is 24.7 Å². The molecule has 1 aliphatic rings. The van der Waals surface area contributed by atoms with Crippen LogP contribution in [-0.2, 0) is 0 Å². The number of nitrogens with zero attached hydrogens (tertiary/aromatic N) is 4. The van der Waals surface area contributed by atoms with Crippen molar-refractivity contribution in [2.45, 2.75) is 32.8 Å². The van der Waals surface area contributed by atoms with Crippen molar-refractivity contribution < 1.29 is 14.5 Å². The first-order valence-corrected chi connectivity index (χ1v) is 8.45. The van der Waals surface area contributed by atoms with Gasteiger partial charge in [0.25, 0.3) is 11.6 Å². The average molecular weight is 356 g/mol. The molecule has 1 aliphatic heterocycles. The van der Waals surface area contributed by atoms with Crippen LogP contribution in [0.4, 0.5) is 5.69 Å². The van der Waals surface area contributed by atoms with Gasteiger partial charge in [0.15, 0.2) is 0 Å². The van der Waals surface area contributed by atoms with Gasteiger partial charge in [0, 0.05) is 35.6 Å². The maximum atomic E-state index is 12.7. The Bertz CT molecular complexity index is 819. The lowest BCUT2D eigenvalue weighted by molar-refractivity contribution is -0.384. The highest BCUT2D eigenvalue weighted by Gasteiger charge is 2.27. The van der Waals surface area contributed by atoms with Gasteiger partial charge >= 0.3 is 6.01 Å². The van der Waals surface area contributed by atoms with Gasteiger partial charge in [-0.05, 0) is 38.8 Å². The van der Waals surface area contributed by atoms with Crippen molar-refractivity contribution in [2.75, 3.05) is 13.1 Å². The minimum Gasteiger partial charge on any atom is -0.458 e. The molecule has 1 unspecified atom stereocenters. The second-order valence-electron chi connectivity index (χ2n) is 6.37. The Labute approximate surface area is 151 Å². The molecule has 8 heteroatoms. The first-order valence-electron chi connectivity index (χ1n) is 8.45. The van der Waals surface area contributed by atoms with Gasteiger partial charge in [-0.2, -0.15) is 0 Å². The predicted molar refractivity (Wildman–Crippen MR) is 94.2 cm³/mol. The minimum atomic E-state index is -0.504. The molecule has 0 saturated carbocycles. The van der Waals surface area contributed by atoms with Gasteiger partial charge in [-0.15, -0.1) is 0 Å². The van der Waals surface area contributed by atoms with Crippen molar-refractivity contribution in [1.82, 2.24) is 14.9 Å². The summed E-state index contributed by atoms with van der Waals surface area (Å²) < 4.78 is 5.87. The van der Waals surface area contributed by atoms with Gasteiger partial charge in [0.1, 0.15) is 6.10 Å². The molecule has 1 aromatic heterocycles. The molecule has 0 bridgehead atoms. The first-order chi connectivity index (χ1) is 12.4. The molecule has 3 rings (SSSR count). The third-order valence-electron chi connectivity index (χ3n) is 4.20. The normalized spacial score (nSPS) is 17.0. The van der Waals surface area contributed by atoms with E-state index in [2.05, 4.69) is 9.97 Å². The van der Waals surface area contributed by atoms with E-state index in [0.717, 1.165) is 24.2 Å². The number of ether oxygens (including phenoxy) is 1. The molecule has 136 valence electrons. The number of nitro groups is 1. The highest BCUT2D eigenvalue weighted by atomic mass is 16.6. The third kappa shape index (κ3) is 4.14. The van der Waals surface area contributed by atoms with Gasteiger partial charge in [0.2, 0.25) is 0 Å². The van der Waals surface area contributed by atoms with Crippen LogP contribution in [0.3, 0.4) is 0 Å². The molecule has 2 aromatic rings. The van der Waals surface area contributed by atoms with Crippen LogP contribution >= 0.6 is 0 Å². The number of carbonyl (C=O) groups is 1. The predicted octanol–water partition coefficient (Wildman–Crippen LogP) is 2.69. The van der Waals surface area contributed by atoms with Crippen LogP contribution in [0.5, 0.6) is 6.01 Å². The van der Waals surface area contributed by atoms with Crippen molar-refractivity contribution in [3.8, 4) is 6.01 Å². The number of carbonyl (C=O) groups excluding carboxylic acids is 1. The van der Waals surface area contributed by atoms with Crippen LogP contribution in [0.15, 0.2) is 30.3 Å². The summed E-state index contributed by atoms with van der Waals surface area (Å²) in [5.74, 6) is -0.233. The Balaban J connectivity index is 1.70. The lowest BCUT2D eigenvalue weighted by atomic mass is 10.1. The molecule has 0 spiro atoms. The molecule has 1 amide bonds. The quantitative estimate of drug-likeness (QED) is 0.617. The Kier molecular flexibility index (Phi) is 5.11. The fourth-order valence-electron chi connectivity index (χ4n) is 3.05. The Morgan fingerprint density at radius 3 is 2.69 bits per heavy atom. The number of piperidine rings is 1. The van der Waals surface area contributed by atoms with Gasteiger partial charge in [0.05, 0.1) is 11.5 Å². The molecule has 1 fully saturated rings. The number of aryl methyl sites for hydroxylation is 2. The number of rotatable bonds is 4. The molecule has 26 heavy (non-hydrogen) atoms. The molecular weight excluding hydrogens is 336 g/mol. The monoisotopic (exact) mass is 356 g/mol. The molecule has 1 atom stereocenters. The third-order valence-corrected chi connectivity index (χ3v) is 4.20. The second-order valence-corrected chi connectivity index (χ2v) is 6.37. The molecule has 0 aliphatic carbocycles. The smallest absolute Gasteiger partial charge is 0.317 e. The van der Waals surface area contributed by atoms with Crippen LogP contribution in [-0.4, -0.2) is 44.9 Å². The summed E-state index contributed by atoms with van der Waals surface area (Å²) in [5.41, 5.74) is 1.87. The van der Waals surface area contributed by atoms with Crippen LogP contribution in [0.2, 0.25) is 0 Å². The fraction of sp³-hybridized carbons (Fsp3) is 0.389. The van der Waals surface area contributed by atoms with E-state index in [1.807, 2.05) is 19.9 Å². The Hall–Kier alpha value is -3.03. The second kappa shape index (κ2) is 7.47. The van der Waals surface area contributed by atoms with Crippen molar-refractivity contribution in [3.05, 3.63) is 57.4 Å². The number of aromatic nitrogens is 2. The number of likely N-dealkylation sites (tertiary alicyclic amines) is 1. The standard InChI is InChI=1S/C18H20N4O4/c1-12-9-13(2)20-18(19-12)26-16-7-4-8-21(11-16)17(23)14-5-3-6-15(10-14)22(24)25/h3,5-6,9-10,16H,4,7-8,11H2,1-2H3. The molecule has 1 aromatic carbocycles. The summed E-state index contributed by atoms with van der Waals surface area (Å²) in [6.45, 7) is 4.74. The van der Waals surface area contributed by atoms with E-state index in [1.165, 1.54) is 18.2 Å². The molecular formula is C18H20N4O4. The van der Waals surface area contributed by atoms with Gasteiger partial charge in [-0.3, -0.25) is 14.9 Å². The van der Waals surface area contributed by atoms with Crippen molar-refractivity contribution in [2.24, 2.45) is 0 Å². The maximum absolute atomic E-state index is 12.7. The minimum absolute atomic E-state index is 0.0932. The van der Waals surface area contributed by atoms with E-state index in [-0.39, 0.29) is 17.7 Å². The van der Waals surface area contributed by atoms with Gasteiger partial charge < -0.3 is 9.64 Å². The van der Waals surface area contributed by atoms with E-state index in [1.54, 1.807) is 11.0 Å². The summed E-state index contributed by atoms with van der Waals surface area (Å²) in [6.07, 6.45) is 1.39. The van der Waals surface area contributed by atoms with Crippen LogP contribution in [0, 0.1) is 24.0 Å². The SMILES string of the molecule is Cc1cc(C)nc(OC2CCCN(C(=O)c3cccc([N+](=O)[O-])c3)C2)n1. The average Bonchev–Trinajstić information content (AvgIpc) is 2.60. The number of nitro benzene ring substituents is 1. The zero-order valence-electron chi connectivity index (χ0n) is 14.7.